The van der Waals surface area contributed by atoms with E-state index in [0.29, 0.717) is 11.4 Å². The number of unbranched alkanes of at least 4 members (excludes halogenated alkanes) is 3. The topological polar surface area (TPSA) is 55.3 Å². The molecular formula is C16H29N3. The van der Waals surface area contributed by atoms with Crippen LogP contribution in [-0.2, 0) is 6.54 Å². The minimum Gasteiger partial charge on any atom is -0.397 e. The summed E-state index contributed by atoms with van der Waals surface area (Å²) in [4.78, 5) is 2.53. The van der Waals surface area contributed by atoms with Gasteiger partial charge in [-0.25, -0.2) is 0 Å². The Morgan fingerprint density at radius 1 is 0.895 bits per heavy atom. The van der Waals surface area contributed by atoms with Crippen LogP contribution in [-0.4, -0.2) is 18.0 Å². The van der Waals surface area contributed by atoms with Crippen LogP contribution < -0.4 is 11.5 Å². The average Bonchev–Trinajstić information content (AvgIpc) is 2.40. The summed E-state index contributed by atoms with van der Waals surface area (Å²) < 4.78 is 0. The summed E-state index contributed by atoms with van der Waals surface area (Å²) in [5.41, 5.74) is 14.3. The Kier molecular flexibility index (Phi) is 7.34. The Morgan fingerprint density at radius 2 is 1.58 bits per heavy atom. The van der Waals surface area contributed by atoms with Gasteiger partial charge < -0.3 is 11.5 Å². The Bertz CT molecular complexity index is 363. The largest absolute Gasteiger partial charge is 0.397 e. The normalized spacial score (nSPS) is 11.1. The van der Waals surface area contributed by atoms with E-state index in [4.69, 9.17) is 11.5 Å². The van der Waals surface area contributed by atoms with Crippen molar-refractivity contribution in [3.8, 4) is 0 Å². The summed E-state index contributed by atoms with van der Waals surface area (Å²) >= 11 is 0. The van der Waals surface area contributed by atoms with Crippen LogP contribution in [0.5, 0.6) is 0 Å². The highest BCUT2D eigenvalue weighted by Gasteiger charge is 2.06. The van der Waals surface area contributed by atoms with Gasteiger partial charge in [0.2, 0.25) is 0 Å². The second-order valence-electron chi connectivity index (χ2n) is 5.30. The number of hydrogen-bond donors (Lipinski definition) is 2. The van der Waals surface area contributed by atoms with Gasteiger partial charge in [0.05, 0.1) is 11.4 Å². The number of benzene rings is 1. The molecule has 0 bridgehead atoms. The van der Waals surface area contributed by atoms with Crippen molar-refractivity contribution in [2.75, 3.05) is 24.6 Å². The molecule has 0 aliphatic carbocycles. The maximum atomic E-state index is 5.87. The highest BCUT2D eigenvalue weighted by Crippen LogP contribution is 2.17. The zero-order valence-electron chi connectivity index (χ0n) is 12.5. The molecule has 3 heteroatoms. The molecule has 0 fully saturated rings. The molecule has 108 valence electrons. The lowest BCUT2D eigenvalue weighted by molar-refractivity contribution is 0.255. The Morgan fingerprint density at radius 3 is 2.21 bits per heavy atom. The van der Waals surface area contributed by atoms with Crippen molar-refractivity contribution in [2.45, 2.75) is 52.5 Å². The van der Waals surface area contributed by atoms with Gasteiger partial charge in [0.1, 0.15) is 0 Å². The van der Waals surface area contributed by atoms with Crippen LogP contribution in [0.15, 0.2) is 18.2 Å². The number of anilines is 2. The van der Waals surface area contributed by atoms with E-state index in [-0.39, 0.29) is 0 Å². The fraction of sp³-hybridized carbons (Fsp3) is 0.625. The quantitative estimate of drug-likeness (QED) is 0.528. The zero-order valence-corrected chi connectivity index (χ0v) is 12.5. The second kappa shape index (κ2) is 8.81. The van der Waals surface area contributed by atoms with Crippen molar-refractivity contribution < 1.29 is 0 Å². The van der Waals surface area contributed by atoms with Crippen LogP contribution in [0.2, 0.25) is 0 Å². The van der Waals surface area contributed by atoms with E-state index in [2.05, 4.69) is 24.8 Å². The average molecular weight is 263 g/mol. The Labute approximate surface area is 118 Å². The molecule has 3 nitrogen and oxygen atoms in total. The van der Waals surface area contributed by atoms with Crippen LogP contribution >= 0.6 is 0 Å². The molecular weight excluding hydrogens is 234 g/mol. The van der Waals surface area contributed by atoms with Crippen molar-refractivity contribution in [3.05, 3.63) is 23.8 Å². The first-order chi connectivity index (χ1) is 9.17. The molecule has 0 aliphatic rings. The summed E-state index contributed by atoms with van der Waals surface area (Å²) in [6.45, 7) is 7.82. The molecule has 19 heavy (non-hydrogen) atoms. The summed E-state index contributed by atoms with van der Waals surface area (Å²) in [6, 6.07) is 6.01. The van der Waals surface area contributed by atoms with Gasteiger partial charge in [-0.2, -0.15) is 0 Å². The van der Waals surface area contributed by atoms with Gasteiger partial charge in [0, 0.05) is 6.54 Å². The smallest absolute Gasteiger partial charge is 0.0551 e. The van der Waals surface area contributed by atoms with Crippen LogP contribution in [0.4, 0.5) is 11.4 Å². The van der Waals surface area contributed by atoms with Crippen LogP contribution in [0, 0.1) is 0 Å². The van der Waals surface area contributed by atoms with Crippen molar-refractivity contribution in [3.63, 3.8) is 0 Å². The number of hydrogen-bond acceptors (Lipinski definition) is 3. The lowest BCUT2D eigenvalue weighted by Gasteiger charge is -2.22. The van der Waals surface area contributed by atoms with Gasteiger partial charge in [-0.3, -0.25) is 4.90 Å². The summed E-state index contributed by atoms with van der Waals surface area (Å²) in [5, 5.41) is 0. The third-order valence-electron chi connectivity index (χ3n) is 3.46. The Balaban J connectivity index is 2.56. The molecule has 1 aromatic carbocycles. The molecule has 0 saturated carbocycles. The lowest BCUT2D eigenvalue weighted by Crippen LogP contribution is -2.25. The SMILES string of the molecule is CCCCCN(CCCC)Cc1ccc(N)c(N)c1. The highest BCUT2D eigenvalue weighted by molar-refractivity contribution is 5.63. The van der Waals surface area contributed by atoms with Crippen molar-refractivity contribution in [1.82, 2.24) is 4.90 Å². The van der Waals surface area contributed by atoms with E-state index in [1.807, 2.05) is 12.1 Å². The van der Waals surface area contributed by atoms with Gasteiger partial charge in [-0.1, -0.05) is 39.2 Å². The summed E-state index contributed by atoms with van der Waals surface area (Å²) in [5.74, 6) is 0. The minimum absolute atomic E-state index is 0.676. The third kappa shape index (κ3) is 5.97. The van der Waals surface area contributed by atoms with Gasteiger partial charge in [0.25, 0.3) is 0 Å². The molecule has 0 aliphatic heterocycles. The van der Waals surface area contributed by atoms with E-state index in [1.54, 1.807) is 0 Å². The first-order valence-corrected chi connectivity index (χ1v) is 7.53. The van der Waals surface area contributed by atoms with E-state index in [9.17, 15) is 0 Å². The predicted octanol–water partition coefficient (Wildman–Crippen LogP) is 3.64. The number of rotatable bonds is 9. The van der Waals surface area contributed by atoms with Crippen molar-refractivity contribution in [1.29, 1.82) is 0 Å². The maximum Gasteiger partial charge on any atom is 0.0551 e. The molecule has 0 atom stereocenters. The summed E-state index contributed by atoms with van der Waals surface area (Å²) in [6.07, 6.45) is 6.37. The number of nitrogens with two attached hydrogens (primary N) is 2. The zero-order chi connectivity index (χ0) is 14.1. The van der Waals surface area contributed by atoms with Gasteiger partial charge in [-0.05, 0) is 43.6 Å². The van der Waals surface area contributed by atoms with Gasteiger partial charge in [-0.15, -0.1) is 0 Å². The molecule has 4 N–H and O–H groups in total. The molecule has 1 rings (SSSR count). The first kappa shape index (κ1) is 15.8. The Hall–Kier alpha value is -1.22. The number of nitrogen functional groups attached to an aromatic ring is 2. The molecule has 1 aromatic rings. The highest BCUT2D eigenvalue weighted by atomic mass is 15.1. The molecule has 0 radical (unpaired) electrons. The predicted molar refractivity (Wildman–Crippen MR) is 85.0 cm³/mol. The monoisotopic (exact) mass is 263 g/mol. The number of nitrogens with zero attached hydrogens (tertiary/aromatic N) is 1. The van der Waals surface area contributed by atoms with E-state index < -0.39 is 0 Å². The van der Waals surface area contributed by atoms with Crippen LogP contribution in [0.25, 0.3) is 0 Å². The fourth-order valence-corrected chi connectivity index (χ4v) is 2.22. The second-order valence-corrected chi connectivity index (χ2v) is 5.30. The third-order valence-corrected chi connectivity index (χ3v) is 3.46. The molecule has 0 spiro atoms. The summed E-state index contributed by atoms with van der Waals surface area (Å²) in [7, 11) is 0. The molecule has 0 amide bonds. The molecule has 0 saturated heterocycles. The van der Waals surface area contributed by atoms with E-state index >= 15 is 0 Å². The van der Waals surface area contributed by atoms with Crippen LogP contribution in [0.1, 0.15) is 51.5 Å². The standard InChI is InChI=1S/C16H29N3/c1-3-5-7-11-19(10-6-4-2)13-14-8-9-15(17)16(18)12-14/h8-9,12H,3-7,10-11,13,17-18H2,1-2H3. The first-order valence-electron chi connectivity index (χ1n) is 7.53. The molecule has 0 unspecified atom stereocenters. The van der Waals surface area contributed by atoms with Crippen LogP contribution in [0.3, 0.4) is 0 Å². The van der Waals surface area contributed by atoms with Crippen molar-refractivity contribution >= 4 is 11.4 Å². The van der Waals surface area contributed by atoms with Gasteiger partial charge >= 0.3 is 0 Å². The van der Waals surface area contributed by atoms with Gasteiger partial charge in [0.15, 0.2) is 0 Å². The van der Waals surface area contributed by atoms with E-state index in [0.717, 1.165) is 6.54 Å². The lowest BCUT2D eigenvalue weighted by atomic mass is 10.1. The fourth-order valence-electron chi connectivity index (χ4n) is 2.22. The maximum absolute atomic E-state index is 5.87. The molecule has 0 aromatic heterocycles. The van der Waals surface area contributed by atoms with E-state index in [1.165, 1.54) is 50.8 Å². The minimum atomic E-state index is 0.676. The van der Waals surface area contributed by atoms with Crippen molar-refractivity contribution in [2.24, 2.45) is 0 Å². The molecule has 0 heterocycles.